The fourth-order valence-corrected chi connectivity index (χ4v) is 5.17. The monoisotopic (exact) mass is 392 g/mol. The second-order valence-corrected chi connectivity index (χ2v) is 9.37. The van der Waals surface area contributed by atoms with Crippen LogP contribution in [0.15, 0.2) is 27.5 Å². The number of fused-ring (bicyclic) bond motifs is 1. The Labute approximate surface area is 161 Å². The summed E-state index contributed by atoms with van der Waals surface area (Å²) < 4.78 is 33.3. The molecular weight excluding hydrogens is 364 g/mol. The highest BCUT2D eigenvalue weighted by molar-refractivity contribution is 7.89. The van der Waals surface area contributed by atoms with Gasteiger partial charge in [0.25, 0.3) is 5.91 Å². The molecule has 27 heavy (non-hydrogen) atoms. The Morgan fingerprint density at radius 3 is 2.85 bits per heavy atom. The Balaban J connectivity index is 1.91. The Morgan fingerprint density at radius 2 is 2.15 bits per heavy atom. The van der Waals surface area contributed by atoms with Gasteiger partial charge in [-0.15, -0.1) is 0 Å². The van der Waals surface area contributed by atoms with Gasteiger partial charge in [-0.3, -0.25) is 4.79 Å². The van der Waals surface area contributed by atoms with Crippen LogP contribution in [-0.2, 0) is 10.0 Å². The molecule has 0 bridgehead atoms. The number of nitrogens with one attached hydrogen (secondary N) is 1. The van der Waals surface area contributed by atoms with Crippen molar-refractivity contribution in [2.75, 3.05) is 19.6 Å². The average molecular weight is 393 g/mol. The molecule has 1 aromatic carbocycles. The smallest absolute Gasteiger partial charge is 0.287 e. The number of hydrogen-bond donors (Lipinski definition) is 1. The van der Waals surface area contributed by atoms with Crippen LogP contribution in [0.5, 0.6) is 0 Å². The molecular formula is C20H28N2O4S. The molecule has 3 rings (SSSR count). The molecule has 2 aromatic rings. The van der Waals surface area contributed by atoms with E-state index in [2.05, 4.69) is 19.2 Å². The van der Waals surface area contributed by atoms with Crippen molar-refractivity contribution >= 4 is 26.9 Å². The maximum absolute atomic E-state index is 13.0. The van der Waals surface area contributed by atoms with E-state index in [1.165, 1.54) is 0 Å². The van der Waals surface area contributed by atoms with Crippen LogP contribution >= 0.6 is 0 Å². The summed E-state index contributed by atoms with van der Waals surface area (Å²) >= 11 is 0. The van der Waals surface area contributed by atoms with E-state index < -0.39 is 10.0 Å². The quantitative estimate of drug-likeness (QED) is 0.761. The summed E-state index contributed by atoms with van der Waals surface area (Å²) in [7, 11) is -3.54. The van der Waals surface area contributed by atoms with E-state index in [4.69, 9.17) is 4.42 Å². The first kappa shape index (κ1) is 19.9. The SMILES string of the molecule is CCCCNC(=O)c1oc2ccc(S(=O)(=O)N3CCC[C@@H](C)C3)cc2c1C. The molecule has 7 heteroatoms. The summed E-state index contributed by atoms with van der Waals surface area (Å²) in [6, 6.07) is 4.84. The summed E-state index contributed by atoms with van der Waals surface area (Å²) in [6.07, 6.45) is 3.84. The number of rotatable bonds is 6. The highest BCUT2D eigenvalue weighted by atomic mass is 32.2. The predicted molar refractivity (Wildman–Crippen MR) is 105 cm³/mol. The van der Waals surface area contributed by atoms with Gasteiger partial charge in [0.05, 0.1) is 4.90 Å². The number of nitrogens with zero attached hydrogens (tertiary/aromatic N) is 1. The summed E-state index contributed by atoms with van der Waals surface area (Å²) in [5.74, 6) is 0.361. The van der Waals surface area contributed by atoms with E-state index in [1.807, 2.05) is 0 Å². The Hall–Kier alpha value is -1.86. The van der Waals surface area contributed by atoms with Crippen molar-refractivity contribution in [2.45, 2.75) is 51.3 Å². The number of piperidine rings is 1. The zero-order valence-corrected chi connectivity index (χ0v) is 17.1. The molecule has 0 saturated carbocycles. The maximum Gasteiger partial charge on any atom is 0.287 e. The van der Waals surface area contributed by atoms with Gasteiger partial charge < -0.3 is 9.73 Å². The van der Waals surface area contributed by atoms with Crippen molar-refractivity contribution < 1.29 is 17.6 Å². The van der Waals surface area contributed by atoms with Crippen molar-refractivity contribution in [2.24, 2.45) is 5.92 Å². The molecule has 1 N–H and O–H groups in total. The lowest BCUT2D eigenvalue weighted by molar-refractivity contribution is 0.0926. The molecule has 1 aliphatic heterocycles. The third kappa shape index (κ3) is 4.04. The average Bonchev–Trinajstić information content (AvgIpc) is 2.98. The second kappa shape index (κ2) is 8.02. The lowest BCUT2D eigenvalue weighted by Crippen LogP contribution is -2.39. The number of hydrogen-bond acceptors (Lipinski definition) is 4. The van der Waals surface area contributed by atoms with Crippen LogP contribution in [0.3, 0.4) is 0 Å². The molecule has 2 heterocycles. The number of carbonyl (C=O) groups excluding carboxylic acids is 1. The topological polar surface area (TPSA) is 79.6 Å². The van der Waals surface area contributed by atoms with Crippen molar-refractivity contribution in [1.82, 2.24) is 9.62 Å². The lowest BCUT2D eigenvalue weighted by atomic mass is 10.0. The second-order valence-electron chi connectivity index (χ2n) is 7.43. The zero-order valence-electron chi connectivity index (χ0n) is 16.2. The van der Waals surface area contributed by atoms with Gasteiger partial charge in [0.1, 0.15) is 5.58 Å². The first-order valence-electron chi connectivity index (χ1n) is 9.66. The van der Waals surface area contributed by atoms with Crippen LogP contribution in [0.25, 0.3) is 11.0 Å². The molecule has 148 valence electrons. The summed E-state index contributed by atoms with van der Waals surface area (Å²) in [4.78, 5) is 12.6. The molecule has 1 aliphatic rings. The van der Waals surface area contributed by atoms with Crippen molar-refractivity contribution in [3.63, 3.8) is 0 Å². The fourth-order valence-electron chi connectivity index (χ4n) is 3.55. The Morgan fingerprint density at radius 1 is 1.37 bits per heavy atom. The largest absolute Gasteiger partial charge is 0.451 e. The molecule has 6 nitrogen and oxygen atoms in total. The van der Waals surface area contributed by atoms with Crippen LogP contribution < -0.4 is 5.32 Å². The van der Waals surface area contributed by atoms with Gasteiger partial charge in [-0.25, -0.2) is 8.42 Å². The maximum atomic E-state index is 13.0. The standard InChI is InChI=1S/C20H28N2O4S/c1-4-5-10-21-20(23)19-15(3)17-12-16(8-9-18(17)26-19)27(24,25)22-11-6-7-14(2)13-22/h8-9,12,14H,4-7,10-11,13H2,1-3H3,(H,21,23)/t14-/m1/s1. The third-order valence-electron chi connectivity index (χ3n) is 5.19. The number of sulfonamides is 1. The number of benzene rings is 1. The molecule has 0 unspecified atom stereocenters. The van der Waals surface area contributed by atoms with Crippen LogP contribution in [0.2, 0.25) is 0 Å². The molecule has 1 aromatic heterocycles. The Bertz CT molecular complexity index is 933. The van der Waals surface area contributed by atoms with Gasteiger partial charge in [0, 0.05) is 30.6 Å². The highest BCUT2D eigenvalue weighted by Crippen LogP contribution is 2.30. The van der Waals surface area contributed by atoms with Crippen molar-refractivity contribution in [3.05, 3.63) is 29.5 Å². The first-order valence-corrected chi connectivity index (χ1v) is 11.1. The van der Waals surface area contributed by atoms with E-state index in [0.29, 0.717) is 42.1 Å². The van der Waals surface area contributed by atoms with E-state index in [9.17, 15) is 13.2 Å². The molecule has 1 fully saturated rings. The molecule has 0 radical (unpaired) electrons. The van der Waals surface area contributed by atoms with Crippen LogP contribution in [0, 0.1) is 12.8 Å². The molecule has 1 atom stereocenters. The van der Waals surface area contributed by atoms with E-state index in [-0.39, 0.29) is 16.6 Å². The zero-order chi connectivity index (χ0) is 19.6. The summed E-state index contributed by atoms with van der Waals surface area (Å²) in [5, 5.41) is 3.51. The number of aryl methyl sites for hydroxylation is 1. The molecule has 1 saturated heterocycles. The molecule has 0 aliphatic carbocycles. The predicted octanol–water partition coefficient (Wildman–Crippen LogP) is 3.69. The lowest BCUT2D eigenvalue weighted by Gasteiger charge is -2.30. The minimum absolute atomic E-state index is 0.252. The number of carbonyl (C=O) groups is 1. The van der Waals surface area contributed by atoms with Crippen LogP contribution in [0.1, 0.15) is 55.6 Å². The Kier molecular flexibility index (Phi) is 5.91. The fraction of sp³-hybridized carbons (Fsp3) is 0.550. The van der Waals surface area contributed by atoms with Crippen molar-refractivity contribution in [3.8, 4) is 0 Å². The van der Waals surface area contributed by atoms with Gasteiger partial charge in [0.2, 0.25) is 10.0 Å². The van der Waals surface area contributed by atoms with Crippen LogP contribution in [-0.4, -0.2) is 38.3 Å². The number of furan rings is 1. The van der Waals surface area contributed by atoms with Gasteiger partial charge in [-0.2, -0.15) is 4.31 Å². The van der Waals surface area contributed by atoms with Gasteiger partial charge >= 0.3 is 0 Å². The summed E-state index contributed by atoms with van der Waals surface area (Å²) in [6.45, 7) is 7.63. The highest BCUT2D eigenvalue weighted by Gasteiger charge is 2.29. The molecule has 0 spiro atoms. The van der Waals surface area contributed by atoms with E-state index >= 15 is 0 Å². The number of amides is 1. The van der Waals surface area contributed by atoms with E-state index in [0.717, 1.165) is 25.7 Å². The van der Waals surface area contributed by atoms with Gasteiger partial charge in [0.15, 0.2) is 5.76 Å². The molecule has 1 amide bonds. The van der Waals surface area contributed by atoms with E-state index in [1.54, 1.807) is 29.4 Å². The van der Waals surface area contributed by atoms with Gasteiger partial charge in [-0.1, -0.05) is 20.3 Å². The van der Waals surface area contributed by atoms with Crippen LogP contribution in [0.4, 0.5) is 0 Å². The number of unbranched alkanes of at least 4 members (excludes halogenated alkanes) is 1. The minimum Gasteiger partial charge on any atom is -0.451 e. The van der Waals surface area contributed by atoms with Crippen molar-refractivity contribution in [1.29, 1.82) is 0 Å². The summed E-state index contributed by atoms with van der Waals surface area (Å²) in [5.41, 5.74) is 1.20. The van der Waals surface area contributed by atoms with Gasteiger partial charge in [-0.05, 0) is 50.3 Å². The first-order chi connectivity index (χ1) is 12.8. The normalized spacial score (nSPS) is 18.7. The third-order valence-corrected chi connectivity index (χ3v) is 7.05. The minimum atomic E-state index is -3.54.